The molecule has 2 atom stereocenters. The van der Waals surface area contributed by atoms with Crippen molar-refractivity contribution < 1.29 is 0 Å². The van der Waals surface area contributed by atoms with Crippen LogP contribution in [0.25, 0.3) is 0 Å². The van der Waals surface area contributed by atoms with Gasteiger partial charge in [0.05, 0.1) is 10.7 Å². The molecule has 0 aliphatic carbocycles. The molecule has 0 radical (unpaired) electrons. The van der Waals surface area contributed by atoms with Crippen molar-refractivity contribution in [3.8, 4) is 0 Å². The van der Waals surface area contributed by atoms with Gasteiger partial charge in [-0.2, -0.15) is 0 Å². The lowest BCUT2D eigenvalue weighted by atomic mass is 10.1. The summed E-state index contributed by atoms with van der Waals surface area (Å²) < 4.78 is 0. The van der Waals surface area contributed by atoms with Gasteiger partial charge >= 0.3 is 0 Å². The third kappa shape index (κ3) is 1.95. The number of benzene rings is 1. The van der Waals surface area contributed by atoms with E-state index in [1.165, 1.54) is 34.0 Å². The average Bonchev–Trinajstić information content (AvgIpc) is 2.93. The normalized spacial score (nSPS) is 24.9. The Kier molecular flexibility index (Phi) is 2.82. The zero-order chi connectivity index (χ0) is 13.7. The van der Waals surface area contributed by atoms with E-state index >= 15 is 0 Å². The van der Waals surface area contributed by atoms with E-state index in [1.807, 2.05) is 23.5 Å². The summed E-state index contributed by atoms with van der Waals surface area (Å²) in [5.74, 6) is 0. The van der Waals surface area contributed by atoms with E-state index in [2.05, 4.69) is 24.1 Å². The molecule has 2 unspecified atom stereocenters. The summed E-state index contributed by atoms with van der Waals surface area (Å²) in [6, 6.07) is 9.50. The summed E-state index contributed by atoms with van der Waals surface area (Å²) in [6.07, 6.45) is 4.70. The standard InChI is InChI=1S/C16H19N3S/c1-19-12-6-7-14(19)16-13(9-12)18-15(20-16)8-10-2-4-11(17)5-3-10/h2-5,12,14H,6-9,17H2,1H3. The number of likely N-dealkylation sites (N-methyl/N-ethyl adjacent to an activating group) is 1. The van der Waals surface area contributed by atoms with Crippen molar-refractivity contribution in [2.24, 2.45) is 0 Å². The van der Waals surface area contributed by atoms with Gasteiger partial charge in [-0.15, -0.1) is 11.3 Å². The smallest absolute Gasteiger partial charge is 0.0975 e. The summed E-state index contributed by atoms with van der Waals surface area (Å²) in [5, 5.41) is 1.25. The van der Waals surface area contributed by atoms with Crippen LogP contribution in [0.3, 0.4) is 0 Å². The number of hydrogen-bond acceptors (Lipinski definition) is 4. The Morgan fingerprint density at radius 1 is 1.30 bits per heavy atom. The van der Waals surface area contributed by atoms with E-state index in [4.69, 9.17) is 10.7 Å². The lowest BCUT2D eigenvalue weighted by Crippen LogP contribution is -2.33. The topological polar surface area (TPSA) is 42.1 Å². The van der Waals surface area contributed by atoms with Crippen LogP contribution >= 0.6 is 11.3 Å². The highest BCUT2D eigenvalue weighted by Crippen LogP contribution is 2.45. The number of aromatic nitrogens is 1. The van der Waals surface area contributed by atoms with Crippen LogP contribution in [0.4, 0.5) is 5.69 Å². The van der Waals surface area contributed by atoms with Crippen molar-refractivity contribution in [1.29, 1.82) is 0 Å². The van der Waals surface area contributed by atoms with Crippen LogP contribution in [-0.4, -0.2) is 23.0 Å². The van der Waals surface area contributed by atoms with Gasteiger partial charge in [-0.05, 0) is 37.6 Å². The number of nitrogens with two attached hydrogens (primary N) is 1. The molecule has 0 amide bonds. The van der Waals surface area contributed by atoms with E-state index in [9.17, 15) is 0 Å². The van der Waals surface area contributed by atoms with E-state index in [1.54, 1.807) is 0 Å². The second-order valence-electron chi connectivity index (χ2n) is 5.95. The molecule has 1 aromatic carbocycles. The molecule has 2 N–H and O–H groups in total. The first-order valence-electron chi connectivity index (χ1n) is 7.25. The van der Waals surface area contributed by atoms with Crippen LogP contribution in [0, 0.1) is 0 Å². The molecule has 2 aliphatic rings. The Hall–Kier alpha value is -1.39. The van der Waals surface area contributed by atoms with E-state index in [-0.39, 0.29) is 0 Å². The summed E-state index contributed by atoms with van der Waals surface area (Å²) in [7, 11) is 2.27. The van der Waals surface area contributed by atoms with Gasteiger partial charge in [0.25, 0.3) is 0 Å². The predicted molar refractivity (Wildman–Crippen MR) is 83.0 cm³/mol. The second kappa shape index (κ2) is 4.57. The summed E-state index contributed by atoms with van der Waals surface area (Å²) in [4.78, 5) is 8.97. The van der Waals surface area contributed by atoms with Gasteiger partial charge in [-0.1, -0.05) is 12.1 Å². The molecule has 1 saturated heterocycles. The fourth-order valence-electron chi connectivity index (χ4n) is 3.50. The fraction of sp³-hybridized carbons (Fsp3) is 0.438. The van der Waals surface area contributed by atoms with E-state index < -0.39 is 0 Å². The van der Waals surface area contributed by atoms with Gasteiger partial charge < -0.3 is 5.73 Å². The molecule has 4 rings (SSSR count). The highest BCUT2D eigenvalue weighted by molar-refractivity contribution is 7.11. The molecule has 104 valence electrons. The van der Waals surface area contributed by atoms with E-state index in [0.29, 0.717) is 6.04 Å². The first kappa shape index (κ1) is 12.4. The zero-order valence-electron chi connectivity index (χ0n) is 11.7. The van der Waals surface area contributed by atoms with Gasteiger partial charge in [0.2, 0.25) is 0 Å². The van der Waals surface area contributed by atoms with E-state index in [0.717, 1.165) is 24.6 Å². The lowest BCUT2D eigenvalue weighted by molar-refractivity contribution is 0.226. The van der Waals surface area contributed by atoms with Crippen molar-refractivity contribution in [2.45, 2.75) is 37.8 Å². The molecule has 3 heterocycles. The third-order valence-electron chi connectivity index (χ3n) is 4.68. The number of hydrogen-bond donors (Lipinski definition) is 1. The van der Waals surface area contributed by atoms with Gasteiger partial charge in [0, 0.05) is 35.5 Å². The minimum Gasteiger partial charge on any atom is -0.399 e. The largest absolute Gasteiger partial charge is 0.399 e. The molecule has 0 spiro atoms. The van der Waals surface area contributed by atoms with Gasteiger partial charge in [0.1, 0.15) is 0 Å². The molecule has 0 saturated carbocycles. The predicted octanol–water partition coefficient (Wildman–Crippen LogP) is 3.01. The maximum atomic E-state index is 5.74. The molecule has 2 aliphatic heterocycles. The summed E-state index contributed by atoms with van der Waals surface area (Å²) in [6.45, 7) is 0. The second-order valence-corrected chi connectivity index (χ2v) is 7.07. The van der Waals surface area contributed by atoms with Crippen LogP contribution in [0.1, 0.15) is 40.0 Å². The van der Waals surface area contributed by atoms with Crippen LogP contribution in [-0.2, 0) is 12.8 Å². The molecule has 4 heteroatoms. The Balaban J connectivity index is 1.61. The summed E-state index contributed by atoms with van der Waals surface area (Å²) in [5.41, 5.74) is 9.22. The molecule has 20 heavy (non-hydrogen) atoms. The number of fused-ring (bicyclic) bond motifs is 4. The van der Waals surface area contributed by atoms with Crippen LogP contribution in [0.5, 0.6) is 0 Å². The number of nitrogens with zero attached hydrogens (tertiary/aromatic N) is 2. The molecule has 1 fully saturated rings. The SMILES string of the molecule is CN1C2CCC1c1sc(Cc3ccc(N)cc3)nc1C2. The van der Waals surface area contributed by atoms with Crippen molar-refractivity contribution >= 4 is 17.0 Å². The number of thiazole rings is 1. The minimum absolute atomic E-state index is 0.626. The van der Waals surface area contributed by atoms with Crippen LogP contribution in [0.15, 0.2) is 24.3 Å². The molecule has 3 nitrogen and oxygen atoms in total. The van der Waals surface area contributed by atoms with Gasteiger partial charge in [-0.3, -0.25) is 4.90 Å². The van der Waals surface area contributed by atoms with Crippen molar-refractivity contribution in [3.63, 3.8) is 0 Å². The molecular formula is C16H19N3S. The van der Waals surface area contributed by atoms with Crippen LogP contribution < -0.4 is 5.73 Å². The average molecular weight is 285 g/mol. The number of nitrogen functional groups attached to an aromatic ring is 1. The number of anilines is 1. The lowest BCUT2D eigenvalue weighted by Gasteiger charge is -2.29. The van der Waals surface area contributed by atoms with Gasteiger partial charge in [-0.25, -0.2) is 4.98 Å². The maximum Gasteiger partial charge on any atom is 0.0975 e. The minimum atomic E-state index is 0.626. The van der Waals surface area contributed by atoms with Crippen molar-refractivity contribution in [2.75, 3.05) is 12.8 Å². The molecule has 2 bridgehead atoms. The summed E-state index contributed by atoms with van der Waals surface area (Å²) >= 11 is 1.91. The Bertz CT molecular complexity index is 632. The quantitative estimate of drug-likeness (QED) is 0.863. The molecule has 1 aromatic heterocycles. The van der Waals surface area contributed by atoms with Crippen molar-refractivity contribution in [3.05, 3.63) is 45.4 Å². The highest BCUT2D eigenvalue weighted by Gasteiger charge is 2.39. The Morgan fingerprint density at radius 2 is 2.10 bits per heavy atom. The first-order valence-corrected chi connectivity index (χ1v) is 8.07. The fourth-order valence-corrected chi connectivity index (χ4v) is 4.82. The van der Waals surface area contributed by atoms with Crippen molar-refractivity contribution in [1.82, 2.24) is 9.88 Å². The third-order valence-corrected chi connectivity index (χ3v) is 5.88. The molecule has 2 aromatic rings. The highest BCUT2D eigenvalue weighted by atomic mass is 32.1. The number of rotatable bonds is 2. The molecular weight excluding hydrogens is 266 g/mol. The van der Waals surface area contributed by atoms with Gasteiger partial charge in [0.15, 0.2) is 0 Å². The first-order chi connectivity index (χ1) is 9.70. The monoisotopic (exact) mass is 285 g/mol. The Labute approximate surface area is 123 Å². The maximum absolute atomic E-state index is 5.74. The zero-order valence-corrected chi connectivity index (χ0v) is 12.5. The van der Waals surface area contributed by atoms with Crippen LogP contribution in [0.2, 0.25) is 0 Å². The Morgan fingerprint density at radius 3 is 2.90 bits per heavy atom.